The van der Waals surface area contributed by atoms with Crippen LogP contribution < -0.4 is 10.5 Å². The van der Waals surface area contributed by atoms with Crippen LogP contribution in [0.15, 0.2) is 42.5 Å². The zero-order valence-corrected chi connectivity index (χ0v) is 11.7. The molecule has 0 heterocycles. The lowest BCUT2D eigenvalue weighted by Crippen LogP contribution is -2.27. The van der Waals surface area contributed by atoms with Gasteiger partial charge in [-0.1, -0.05) is 24.3 Å². The summed E-state index contributed by atoms with van der Waals surface area (Å²) in [5.74, 6) is 0. The van der Waals surface area contributed by atoms with Gasteiger partial charge in [0.25, 0.3) is 0 Å². The molecule has 3 nitrogen and oxygen atoms in total. The topological polar surface area (TPSA) is 46.3 Å². The van der Waals surface area contributed by atoms with E-state index in [2.05, 4.69) is 0 Å². The average Bonchev–Trinajstić information content (AvgIpc) is 2.46. The summed E-state index contributed by atoms with van der Waals surface area (Å²) in [7, 11) is 6.12. The molecule has 20 heavy (non-hydrogen) atoms. The van der Waals surface area contributed by atoms with E-state index in [4.69, 9.17) is 13.7 Å². The van der Waals surface area contributed by atoms with Crippen LogP contribution in [-0.2, 0) is 0 Å². The zero-order valence-electron chi connectivity index (χ0n) is 11.7. The van der Waals surface area contributed by atoms with Gasteiger partial charge in [0, 0.05) is 28.5 Å². The third-order valence-corrected chi connectivity index (χ3v) is 3.26. The number of hydrogen-bond acceptors (Lipinski definition) is 3. The van der Waals surface area contributed by atoms with E-state index in [1.54, 1.807) is 16.9 Å². The largest absolute Gasteiger partial charge is 0.422 e. The van der Waals surface area contributed by atoms with Gasteiger partial charge in [0.2, 0.25) is 7.98 Å². The Hall–Kier alpha value is -2.23. The van der Waals surface area contributed by atoms with Crippen molar-refractivity contribution in [1.82, 2.24) is 0 Å². The summed E-state index contributed by atoms with van der Waals surface area (Å²) in [5, 5.41) is 0. The lowest BCUT2D eigenvalue weighted by Gasteiger charge is -2.27. The molecule has 4 heteroatoms. The normalized spacial score (nSPS) is 10.6. The molecule has 2 aromatic carbocycles. The fraction of sp³-hybridized carbons (Fsp3) is 0.188. The molecule has 0 aliphatic heterocycles. The summed E-state index contributed by atoms with van der Waals surface area (Å²) in [6.07, 6.45) is 0.758. The maximum absolute atomic E-state index is 10.8. The summed E-state index contributed by atoms with van der Waals surface area (Å²) >= 11 is 0. The van der Waals surface area contributed by atoms with E-state index in [1.807, 2.05) is 44.2 Å². The monoisotopic (exact) mass is 264 g/mol. The maximum atomic E-state index is 10.8. The molecule has 2 N–H and O–H groups in total. The van der Waals surface area contributed by atoms with Crippen LogP contribution in [-0.4, -0.2) is 20.3 Å². The Labute approximate surface area is 120 Å². The summed E-state index contributed by atoms with van der Waals surface area (Å²) in [4.78, 5) is 12.6. The van der Waals surface area contributed by atoms with Crippen LogP contribution in [0.2, 0.25) is 0 Å². The second-order valence-electron chi connectivity index (χ2n) is 4.98. The highest BCUT2D eigenvalue weighted by Crippen LogP contribution is 2.32. The van der Waals surface area contributed by atoms with E-state index in [-0.39, 0.29) is 6.04 Å². The first kappa shape index (κ1) is 14.2. The van der Waals surface area contributed by atoms with E-state index < -0.39 is 0 Å². The van der Waals surface area contributed by atoms with Crippen LogP contribution in [0.1, 0.15) is 24.2 Å². The minimum atomic E-state index is 0.183. The smallest absolute Gasteiger partial charge is 0.227 e. The fourth-order valence-electron chi connectivity index (χ4n) is 2.07. The molecule has 0 atom stereocenters. The second-order valence-corrected chi connectivity index (χ2v) is 4.98. The van der Waals surface area contributed by atoms with Gasteiger partial charge in [-0.05, 0) is 37.6 Å². The molecular formula is C16H17BN2O. The molecule has 2 radical (unpaired) electrons. The quantitative estimate of drug-likeness (QED) is 0.524. The summed E-state index contributed by atoms with van der Waals surface area (Å²) in [6.45, 7) is 4.06. The number of nitrogen functional groups attached to an aromatic ring is 1. The van der Waals surface area contributed by atoms with Crippen molar-refractivity contribution in [2.45, 2.75) is 19.9 Å². The van der Waals surface area contributed by atoms with Crippen LogP contribution in [0.25, 0.3) is 11.1 Å². The molecule has 2 rings (SSSR count). The van der Waals surface area contributed by atoms with Gasteiger partial charge in [0.15, 0.2) is 6.29 Å². The molecule has 0 aliphatic carbocycles. The van der Waals surface area contributed by atoms with Crippen LogP contribution in [0.4, 0.5) is 11.4 Å². The Morgan fingerprint density at radius 1 is 1.20 bits per heavy atom. The fourth-order valence-corrected chi connectivity index (χ4v) is 2.07. The molecule has 0 amide bonds. The highest BCUT2D eigenvalue weighted by Gasteiger charge is 2.11. The number of nitrogens with zero attached hydrogens (tertiary/aromatic N) is 1. The van der Waals surface area contributed by atoms with Crippen molar-refractivity contribution in [1.29, 1.82) is 0 Å². The van der Waals surface area contributed by atoms with Gasteiger partial charge < -0.3 is 10.5 Å². The first-order chi connectivity index (χ1) is 9.54. The van der Waals surface area contributed by atoms with Crippen LogP contribution in [0, 0.1) is 0 Å². The number of para-hydroxylation sites is 1. The van der Waals surface area contributed by atoms with E-state index in [0.29, 0.717) is 11.3 Å². The molecule has 2 aromatic rings. The lowest BCUT2D eigenvalue weighted by molar-refractivity contribution is 0.112. The van der Waals surface area contributed by atoms with Gasteiger partial charge in [-0.25, -0.2) is 0 Å². The third-order valence-electron chi connectivity index (χ3n) is 3.26. The van der Waals surface area contributed by atoms with Gasteiger partial charge in [0.1, 0.15) is 0 Å². The number of carbonyl (C=O) groups excluding carboxylic acids is 1. The molecular weight excluding hydrogens is 247 g/mol. The molecule has 100 valence electrons. The summed E-state index contributed by atoms with van der Waals surface area (Å²) in [6, 6.07) is 13.5. The molecule has 0 saturated carbocycles. The van der Waals surface area contributed by atoms with Crippen molar-refractivity contribution in [3.8, 4) is 11.1 Å². The van der Waals surface area contributed by atoms with Crippen LogP contribution in [0.5, 0.6) is 0 Å². The molecule has 0 aromatic heterocycles. The first-order valence-corrected chi connectivity index (χ1v) is 6.52. The van der Waals surface area contributed by atoms with Crippen molar-refractivity contribution < 1.29 is 4.79 Å². The number of anilines is 2. The van der Waals surface area contributed by atoms with Crippen molar-refractivity contribution >= 4 is 25.6 Å². The number of nitrogens with two attached hydrogens (primary N) is 1. The Bertz CT molecular complexity index is 626. The lowest BCUT2D eigenvalue weighted by atomic mass is 9.98. The van der Waals surface area contributed by atoms with Gasteiger partial charge in [0.05, 0.1) is 0 Å². The number of rotatable bonds is 4. The van der Waals surface area contributed by atoms with Gasteiger partial charge >= 0.3 is 0 Å². The van der Waals surface area contributed by atoms with Gasteiger partial charge in [-0.2, -0.15) is 0 Å². The Morgan fingerprint density at radius 3 is 2.50 bits per heavy atom. The minimum Gasteiger partial charge on any atom is -0.422 e. The summed E-state index contributed by atoms with van der Waals surface area (Å²) in [5.41, 5.74) is 9.72. The SMILES string of the molecule is [B]N(c1ccccc1-c1ccc(C=O)c(N)c1)C(C)C. The predicted molar refractivity (Wildman–Crippen MR) is 85.0 cm³/mol. The Morgan fingerprint density at radius 2 is 1.90 bits per heavy atom. The number of hydrogen-bond donors (Lipinski definition) is 1. The molecule has 0 fully saturated rings. The molecule has 0 aliphatic rings. The predicted octanol–water partition coefficient (Wildman–Crippen LogP) is 3.05. The number of aldehydes is 1. The summed E-state index contributed by atoms with van der Waals surface area (Å²) < 4.78 is 0. The molecule has 0 unspecified atom stereocenters. The first-order valence-electron chi connectivity index (χ1n) is 6.52. The van der Waals surface area contributed by atoms with Gasteiger partial charge in [-0.15, -0.1) is 0 Å². The highest BCUT2D eigenvalue weighted by atomic mass is 16.1. The Balaban J connectivity index is 2.53. The second kappa shape index (κ2) is 5.82. The standard InChI is InChI=1S/C16H17BN2O/c1-11(2)19(17)16-6-4-3-5-14(16)12-7-8-13(10-20)15(18)9-12/h3-11H,18H2,1-2H3. The number of benzene rings is 2. The van der Waals surface area contributed by atoms with Crippen molar-refractivity contribution in [3.05, 3.63) is 48.0 Å². The molecule has 0 saturated heterocycles. The maximum Gasteiger partial charge on any atom is 0.227 e. The van der Waals surface area contributed by atoms with E-state index in [1.165, 1.54) is 0 Å². The zero-order chi connectivity index (χ0) is 14.7. The van der Waals surface area contributed by atoms with Crippen molar-refractivity contribution in [2.24, 2.45) is 0 Å². The van der Waals surface area contributed by atoms with E-state index >= 15 is 0 Å². The van der Waals surface area contributed by atoms with Crippen LogP contribution >= 0.6 is 0 Å². The van der Waals surface area contributed by atoms with Crippen molar-refractivity contribution in [2.75, 3.05) is 10.5 Å². The van der Waals surface area contributed by atoms with Crippen molar-refractivity contribution in [3.63, 3.8) is 0 Å². The molecule has 0 spiro atoms. The number of carbonyl (C=O) groups is 1. The molecule has 0 bridgehead atoms. The van der Waals surface area contributed by atoms with Crippen LogP contribution in [0.3, 0.4) is 0 Å². The highest BCUT2D eigenvalue weighted by molar-refractivity contribution is 6.19. The van der Waals surface area contributed by atoms with E-state index in [9.17, 15) is 4.79 Å². The Kier molecular flexibility index (Phi) is 4.13. The average molecular weight is 264 g/mol. The van der Waals surface area contributed by atoms with E-state index in [0.717, 1.165) is 23.1 Å². The minimum absolute atomic E-state index is 0.183. The third kappa shape index (κ3) is 2.69. The van der Waals surface area contributed by atoms with Gasteiger partial charge in [-0.3, -0.25) is 4.79 Å².